The number of amides is 4. The molecule has 1 unspecified atom stereocenters. The predicted molar refractivity (Wildman–Crippen MR) is 206 cm³/mol. The van der Waals surface area contributed by atoms with E-state index in [1.165, 1.54) is 6.92 Å². The van der Waals surface area contributed by atoms with Gasteiger partial charge in [-0.1, -0.05) is 18.2 Å². The highest BCUT2D eigenvalue weighted by molar-refractivity contribution is 5.87. The van der Waals surface area contributed by atoms with Crippen molar-refractivity contribution in [3.8, 4) is 0 Å². The molecule has 0 heterocycles. The SMILES string of the molecule is CC(=O)OC(C)(C)C.CC(C)(C)OC(=O)NCCCCC(NC(=O)CCOCCOCCOCCNC(=O)OCC1=CCCC=C1)C(=O)NCCCCN. The number of carbonyl (C=O) groups excluding carboxylic acids is 5. The van der Waals surface area contributed by atoms with Crippen molar-refractivity contribution in [3.05, 3.63) is 23.8 Å². The Hall–Kier alpha value is -3.73. The van der Waals surface area contributed by atoms with E-state index in [4.69, 9.17) is 34.2 Å². The molecule has 0 aromatic heterocycles. The lowest BCUT2D eigenvalue weighted by atomic mass is 10.1. The van der Waals surface area contributed by atoms with E-state index in [0.29, 0.717) is 78.5 Å². The molecule has 16 nitrogen and oxygen atoms in total. The molecule has 0 aliphatic heterocycles. The first-order valence-corrected chi connectivity index (χ1v) is 19.0. The fraction of sp³-hybridized carbons (Fsp3) is 0.763. The number of alkyl carbamates (subject to hydrolysis) is 2. The van der Waals surface area contributed by atoms with Gasteiger partial charge in [-0.2, -0.15) is 0 Å². The molecule has 0 aromatic carbocycles. The van der Waals surface area contributed by atoms with Crippen LogP contribution in [0.4, 0.5) is 9.59 Å². The second-order valence-corrected chi connectivity index (χ2v) is 14.4. The average molecular weight is 772 g/mol. The summed E-state index contributed by atoms with van der Waals surface area (Å²) in [7, 11) is 0. The van der Waals surface area contributed by atoms with Crippen LogP contribution in [0.25, 0.3) is 0 Å². The third-order valence-corrected chi connectivity index (χ3v) is 6.79. The van der Waals surface area contributed by atoms with Gasteiger partial charge in [-0.25, -0.2) is 9.59 Å². The minimum Gasteiger partial charge on any atom is -0.460 e. The van der Waals surface area contributed by atoms with Crippen molar-refractivity contribution >= 4 is 30.0 Å². The van der Waals surface area contributed by atoms with Crippen molar-refractivity contribution in [2.45, 2.75) is 117 Å². The van der Waals surface area contributed by atoms with Crippen molar-refractivity contribution in [1.82, 2.24) is 21.3 Å². The van der Waals surface area contributed by atoms with Gasteiger partial charge < -0.3 is 55.4 Å². The molecule has 0 spiro atoms. The maximum Gasteiger partial charge on any atom is 0.407 e. The van der Waals surface area contributed by atoms with E-state index in [1.54, 1.807) is 20.8 Å². The van der Waals surface area contributed by atoms with Gasteiger partial charge in [0.05, 0.1) is 39.6 Å². The minimum atomic E-state index is -0.687. The topological polar surface area (TPSA) is 215 Å². The Morgan fingerprint density at radius 2 is 1.31 bits per heavy atom. The van der Waals surface area contributed by atoms with E-state index in [9.17, 15) is 24.0 Å². The number of nitrogens with two attached hydrogens (primary N) is 1. The van der Waals surface area contributed by atoms with E-state index in [-0.39, 0.29) is 43.0 Å². The molecule has 1 rings (SSSR count). The quantitative estimate of drug-likeness (QED) is 0.0509. The molecular weight excluding hydrogens is 702 g/mol. The maximum absolute atomic E-state index is 12.7. The first kappa shape index (κ1) is 50.3. The maximum atomic E-state index is 12.7. The molecule has 0 saturated heterocycles. The van der Waals surface area contributed by atoms with Gasteiger partial charge >= 0.3 is 18.2 Å². The number of hydrogen-bond acceptors (Lipinski definition) is 12. The molecule has 312 valence electrons. The van der Waals surface area contributed by atoms with Crippen LogP contribution >= 0.6 is 0 Å². The van der Waals surface area contributed by atoms with Crippen LogP contribution in [0.5, 0.6) is 0 Å². The summed E-state index contributed by atoms with van der Waals surface area (Å²) in [6.07, 6.45) is 10.4. The summed E-state index contributed by atoms with van der Waals surface area (Å²) in [4.78, 5) is 59.0. The Morgan fingerprint density at radius 1 is 0.722 bits per heavy atom. The van der Waals surface area contributed by atoms with Crippen LogP contribution in [-0.2, 0) is 42.8 Å². The van der Waals surface area contributed by atoms with Crippen LogP contribution < -0.4 is 27.0 Å². The summed E-state index contributed by atoms with van der Waals surface area (Å²) in [6, 6.07) is -0.687. The fourth-order valence-corrected chi connectivity index (χ4v) is 4.46. The lowest BCUT2D eigenvalue weighted by Crippen LogP contribution is -2.47. The normalized spacial score (nSPS) is 13.0. The third-order valence-electron chi connectivity index (χ3n) is 6.79. The van der Waals surface area contributed by atoms with E-state index in [1.807, 2.05) is 26.8 Å². The number of esters is 1. The summed E-state index contributed by atoms with van der Waals surface area (Å²) in [5.41, 5.74) is 5.62. The van der Waals surface area contributed by atoms with Gasteiger partial charge in [0.2, 0.25) is 11.8 Å². The largest absolute Gasteiger partial charge is 0.460 e. The highest BCUT2D eigenvalue weighted by Crippen LogP contribution is 2.10. The smallest absolute Gasteiger partial charge is 0.407 e. The van der Waals surface area contributed by atoms with Gasteiger partial charge in [-0.3, -0.25) is 14.4 Å². The Morgan fingerprint density at radius 3 is 1.89 bits per heavy atom. The van der Waals surface area contributed by atoms with Crippen LogP contribution in [0, 0.1) is 0 Å². The molecule has 16 heteroatoms. The number of allylic oxidation sites excluding steroid dienone is 2. The zero-order valence-electron chi connectivity index (χ0n) is 33.8. The summed E-state index contributed by atoms with van der Waals surface area (Å²) >= 11 is 0. The molecule has 0 radical (unpaired) electrons. The molecule has 54 heavy (non-hydrogen) atoms. The molecule has 1 aliphatic carbocycles. The molecular formula is C38H69N5O11. The number of rotatable bonds is 25. The molecule has 4 amide bonds. The average Bonchev–Trinajstić information content (AvgIpc) is 3.07. The number of ether oxygens (including phenoxy) is 6. The minimum absolute atomic E-state index is 0.101. The van der Waals surface area contributed by atoms with Crippen LogP contribution in [0.1, 0.15) is 99.8 Å². The fourth-order valence-electron chi connectivity index (χ4n) is 4.46. The van der Waals surface area contributed by atoms with Gasteiger partial charge in [0.25, 0.3) is 0 Å². The Labute approximate surface area is 322 Å². The van der Waals surface area contributed by atoms with Crippen molar-refractivity contribution in [1.29, 1.82) is 0 Å². The van der Waals surface area contributed by atoms with Crippen molar-refractivity contribution < 1.29 is 52.4 Å². The zero-order valence-corrected chi connectivity index (χ0v) is 33.8. The van der Waals surface area contributed by atoms with E-state index in [2.05, 4.69) is 33.4 Å². The number of unbranched alkanes of at least 4 members (excludes halogenated alkanes) is 2. The van der Waals surface area contributed by atoms with Crippen molar-refractivity contribution in [3.63, 3.8) is 0 Å². The third kappa shape index (κ3) is 34.1. The highest BCUT2D eigenvalue weighted by atomic mass is 16.6. The molecule has 0 aromatic rings. The second kappa shape index (κ2) is 30.6. The van der Waals surface area contributed by atoms with E-state index >= 15 is 0 Å². The second-order valence-electron chi connectivity index (χ2n) is 14.4. The first-order chi connectivity index (χ1) is 25.5. The first-order valence-electron chi connectivity index (χ1n) is 19.0. The Balaban J connectivity index is 0.00000313. The lowest BCUT2D eigenvalue weighted by Gasteiger charge is -2.20. The molecule has 0 saturated carbocycles. The molecule has 0 bridgehead atoms. The number of carbonyl (C=O) groups is 5. The van der Waals surface area contributed by atoms with E-state index in [0.717, 1.165) is 31.3 Å². The summed E-state index contributed by atoms with van der Waals surface area (Å²) in [5.74, 6) is -0.760. The predicted octanol–water partition coefficient (Wildman–Crippen LogP) is 3.81. The van der Waals surface area contributed by atoms with Crippen molar-refractivity contribution in [2.75, 3.05) is 72.4 Å². The van der Waals surface area contributed by atoms with Gasteiger partial charge in [0.15, 0.2) is 0 Å². The number of hydrogen-bond donors (Lipinski definition) is 5. The summed E-state index contributed by atoms with van der Waals surface area (Å²) in [5, 5.41) is 11.0. The van der Waals surface area contributed by atoms with Crippen molar-refractivity contribution in [2.24, 2.45) is 5.73 Å². The van der Waals surface area contributed by atoms with Gasteiger partial charge in [0, 0.05) is 33.0 Å². The summed E-state index contributed by atoms with van der Waals surface area (Å²) in [6.45, 7) is 16.2. The van der Waals surface area contributed by atoms with Gasteiger partial charge in [0.1, 0.15) is 23.9 Å². The Kier molecular flexibility index (Phi) is 28.5. The molecule has 6 N–H and O–H groups in total. The standard InChI is InChI=1S/C32H57N5O9.C6H12O2/c1-32(2,3)46-31(41)35-17-9-7-13-27(29(39)34-16-10-8-15-33)37-28(38)14-19-42-21-23-44-24-22-43-20-18-36-30(40)45-25-26-11-5-4-6-12-26;1-5(7)8-6(2,3)4/h5,11-12,27H,4,6-10,13-25,33H2,1-3H3,(H,34,39)(H,35,41)(H,36,40)(H,37,38);1-4H3. The zero-order chi connectivity index (χ0) is 40.7. The monoisotopic (exact) mass is 771 g/mol. The van der Waals surface area contributed by atoms with Crippen LogP contribution in [0.3, 0.4) is 0 Å². The van der Waals surface area contributed by atoms with Gasteiger partial charge in [-0.15, -0.1) is 0 Å². The van der Waals surface area contributed by atoms with Crippen LogP contribution in [-0.4, -0.2) is 120 Å². The molecule has 1 atom stereocenters. The highest BCUT2D eigenvalue weighted by Gasteiger charge is 2.20. The molecule has 1 aliphatic rings. The van der Waals surface area contributed by atoms with Gasteiger partial charge in [-0.05, 0) is 98.6 Å². The van der Waals surface area contributed by atoms with Crippen LogP contribution in [0.2, 0.25) is 0 Å². The lowest BCUT2D eigenvalue weighted by molar-refractivity contribution is -0.151. The number of nitrogens with one attached hydrogen (secondary N) is 4. The van der Waals surface area contributed by atoms with E-state index < -0.39 is 23.8 Å². The van der Waals surface area contributed by atoms with Crippen LogP contribution in [0.15, 0.2) is 23.8 Å². The molecule has 0 fully saturated rings. The summed E-state index contributed by atoms with van der Waals surface area (Å²) < 4.78 is 31.5. The Bertz CT molecular complexity index is 1130.